The lowest BCUT2D eigenvalue weighted by Crippen LogP contribution is -2.37. The molecular weight excluding hydrogens is 250 g/mol. The van der Waals surface area contributed by atoms with Crippen molar-refractivity contribution < 1.29 is 5.11 Å². The molecule has 4 nitrogen and oxygen atoms in total. The maximum Gasteiger partial charge on any atom is 0.101 e. The lowest BCUT2D eigenvalue weighted by molar-refractivity contribution is 0.281. The normalized spacial score (nSPS) is 16.4. The fourth-order valence-electron chi connectivity index (χ4n) is 2.92. The molecule has 0 unspecified atom stereocenters. The molecule has 20 heavy (non-hydrogen) atoms. The first kappa shape index (κ1) is 14.8. The van der Waals surface area contributed by atoms with Gasteiger partial charge >= 0.3 is 0 Å². The van der Waals surface area contributed by atoms with E-state index in [2.05, 4.69) is 30.0 Å². The minimum absolute atomic E-state index is 0.0140. The maximum atomic E-state index is 9.28. The van der Waals surface area contributed by atoms with Crippen LogP contribution in [0.1, 0.15) is 24.0 Å². The van der Waals surface area contributed by atoms with Gasteiger partial charge in [-0.15, -0.1) is 0 Å². The Labute approximate surface area is 121 Å². The molecule has 0 amide bonds. The third-order valence-corrected chi connectivity index (χ3v) is 3.94. The van der Waals surface area contributed by atoms with Crippen molar-refractivity contribution in [1.29, 1.82) is 5.26 Å². The predicted molar refractivity (Wildman–Crippen MR) is 80.6 cm³/mol. The lowest BCUT2D eigenvalue weighted by Gasteiger charge is -2.35. The molecule has 0 aromatic heterocycles. The van der Waals surface area contributed by atoms with Crippen molar-refractivity contribution in [2.75, 3.05) is 38.6 Å². The van der Waals surface area contributed by atoms with Gasteiger partial charge in [-0.25, -0.2) is 0 Å². The summed E-state index contributed by atoms with van der Waals surface area (Å²) in [4.78, 5) is 4.54. The highest BCUT2D eigenvalue weighted by molar-refractivity contribution is 5.60. The highest BCUT2D eigenvalue weighted by Gasteiger charge is 2.21. The Balaban J connectivity index is 2.05. The van der Waals surface area contributed by atoms with Crippen molar-refractivity contribution in [3.8, 4) is 6.07 Å². The Morgan fingerprint density at radius 3 is 2.60 bits per heavy atom. The molecule has 1 aromatic carbocycles. The number of piperidine rings is 1. The standard InChI is InChI=1S/C16H23N3O/c1-18(2)11-13-5-7-19(8-6-13)16-4-3-14(12-20)9-15(16)10-17/h3-4,9,13,20H,5-8,11-12H2,1-2H3. The highest BCUT2D eigenvalue weighted by Crippen LogP contribution is 2.27. The quantitative estimate of drug-likeness (QED) is 0.909. The van der Waals surface area contributed by atoms with Gasteiger partial charge in [0, 0.05) is 19.6 Å². The molecule has 0 spiro atoms. The van der Waals surface area contributed by atoms with Crippen LogP contribution < -0.4 is 4.90 Å². The van der Waals surface area contributed by atoms with Crippen LogP contribution in [0.3, 0.4) is 0 Å². The number of aliphatic hydroxyl groups is 1. The number of anilines is 1. The van der Waals surface area contributed by atoms with Crippen LogP contribution in [0.25, 0.3) is 0 Å². The first-order valence-corrected chi connectivity index (χ1v) is 7.17. The Morgan fingerprint density at radius 2 is 2.05 bits per heavy atom. The average Bonchev–Trinajstić information content (AvgIpc) is 2.47. The zero-order chi connectivity index (χ0) is 14.5. The van der Waals surface area contributed by atoms with E-state index in [-0.39, 0.29) is 6.61 Å². The summed E-state index contributed by atoms with van der Waals surface area (Å²) >= 11 is 0. The molecule has 4 heteroatoms. The average molecular weight is 273 g/mol. The minimum Gasteiger partial charge on any atom is -0.392 e. The monoisotopic (exact) mass is 273 g/mol. The van der Waals surface area contributed by atoms with Gasteiger partial charge in [-0.1, -0.05) is 6.07 Å². The molecule has 1 fully saturated rings. The van der Waals surface area contributed by atoms with E-state index in [4.69, 9.17) is 5.11 Å². The second kappa shape index (κ2) is 6.74. The van der Waals surface area contributed by atoms with Gasteiger partial charge < -0.3 is 14.9 Å². The van der Waals surface area contributed by atoms with Crippen LogP contribution in [-0.2, 0) is 6.61 Å². The Hall–Kier alpha value is -1.57. The molecule has 1 saturated heterocycles. The van der Waals surface area contributed by atoms with Crippen LogP contribution in [0, 0.1) is 17.2 Å². The molecule has 0 radical (unpaired) electrons. The molecule has 1 aliphatic heterocycles. The number of hydrogen-bond donors (Lipinski definition) is 1. The van der Waals surface area contributed by atoms with E-state index in [0.717, 1.165) is 36.8 Å². The third kappa shape index (κ3) is 3.50. The molecule has 0 bridgehead atoms. The number of aliphatic hydroxyl groups excluding tert-OH is 1. The van der Waals surface area contributed by atoms with Crippen LogP contribution in [0.5, 0.6) is 0 Å². The van der Waals surface area contributed by atoms with Crippen molar-refractivity contribution in [2.45, 2.75) is 19.4 Å². The van der Waals surface area contributed by atoms with Gasteiger partial charge in [0.2, 0.25) is 0 Å². The van der Waals surface area contributed by atoms with Crippen molar-refractivity contribution in [2.24, 2.45) is 5.92 Å². The third-order valence-electron chi connectivity index (χ3n) is 3.94. The van der Waals surface area contributed by atoms with Crippen LogP contribution in [0.15, 0.2) is 18.2 Å². The molecule has 2 rings (SSSR count). The molecular formula is C16H23N3O. The van der Waals surface area contributed by atoms with Gasteiger partial charge in [0.05, 0.1) is 17.9 Å². The van der Waals surface area contributed by atoms with E-state index in [9.17, 15) is 5.26 Å². The van der Waals surface area contributed by atoms with Gasteiger partial charge in [0.15, 0.2) is 0 Å². The lowest BCUT2D eigenvalue weighted by atomic mass is 9.95. The van der Waals surface area contributed by atoms with E-state index in [0.29, 0.717) is 5.56 Å². The summed E-state index contributed by atoms with van der Waals surface area (Å²) in [6, 6.07) is 7.92. The van der Waals surface area contributed by atoms with Gasteiger partial charge in [-0.2, -0.15) is 5.26 Å². The summed E-state index contributed by atoms with van der Waals surface area (Å²) in [5.41, 5.74) is 2.48. The Kier molecular flexibility index (Phi) is 4.99. The first-order chi connectivity index (χ1) is 9.63. The van der Waals surface area contributed by atoms with Crippen molar-refractivity contribution in [3.05, 3.63) is 29.3 Å². The van der Waals surface area contributed by atoms with Crippen LogP contribution in [0.4, 0.5) is 5.69 Å². The summed E-state index contributed by atoms with van der Waals surface area (Å²) in [5, 5.41) is 18.4. The zero-order valence-electron chi connectivity index (χ0n) is 12.3. The SMILES string of the molecule is CN(C)CC1CCN(c2ccc(CO)cc2C#N)CC1. The zero-order valence-corrected chi connectivity index (χ0v) is 12.3. The number of nitrogens with zero attached hydrogens (tertiary/aromatic N) is 3. The van der Waals surface area contributed by atoms with Crippen molar-refractivity contribution >= 4 is 5.69 Å². The highest BCUT2D eigenvalue weighted by atomic mass is 16.3. The van der Waals surface area contributed by atoms with E-state index in [1.807, 2.05) is 12.1 Å². The summed E-state index contributed by atoms with van der Waals surface area (Å²) < 4.78 is 0. The smallest absolute Gasteiger partial charge is 0.101 e. The van der Waals surface area contributed by atoms with E-state index in [1.54, 1.807) is 6.07 Å². The number of hydrogen-bond acceptors (Lipinski definition) is 4. The molecule has 108 valence electrons. The molecule has 0 aliphatic carbocycles. The van der Waals surface area contributed by atoms with Gasteiger partial charge in [-0.3, -0.25) is 0 Å². The fourth-order valence-corrected chi connectivity index (χ4v) is 2.92. The van der Waals surface area contributed by atoms with E-state index in [1.165, 1.54) is 12.8 Å². The maximum absolute atomic E-state index is 9.28. The van der Waals surface area contributed by atoms with Crippen LogP contribution in [-0.4, -0.2) is 43.7 Å². The van der Waals surface area contributed by atoms with Gasteiger partial charge in [0.25, 0.3) is 0 Å². The molecule has 1 aliphatic rings. The Morgan fingerprint density at radius 1 is 1.35 bits per heavy atom. The van der Waals surface area contributed by atoms with Crippen molar-refractivity contribution in [1.82, 2.24) is 4.90 Å². The number of nitriles is 1. The molecule has 1 heterocycles. The summed E-state index contributed by atoms with van der Waals surface area (Å²) in [5.74, 6) is 0.753. The molecule has 0 saturated carbocycles. The van der Waals surface area contributed by atoms with E-state index >= 15 is 0 Å². The number of benzene rings is 1. The van der Waals surface area contributed by atoms with Crippen molar-refractivity contribution in [3.63, 3.8) is 0 Å². The second-order valence-corrected chi connectivity index (χ2v) is 5.81. The molecule has 1 aromatic rings. The Bertz CT molecular complexity index is 485. The van der Waals surface area contributed by atoms with Crippen LogP contribution in [0.2, 0.25) is 0 Å². The molecule has 1 N–H and O–H groups in total. The van der Waals surface area contributed by atoms with Gasteiger partial charge in [-0.05, 0) is 50.6 Å². The largest absolute Gasteiger partial charge is 0.392 e. The van der Waals surface area contributed by atoms with Gasteiger partial charge in [0.1, 0.15) is 6.07 Å². The minimum atomic E-state index is -0.0140. The second-order valence-electron chi connectivity index (χ2n) is 5.81. The summed E-state index contributed by atoms with van der Waals surface area (Å²) in [6.45, 7) is 3.14. The first-order valence-electron chi connectivity index (χ1n) is 7.17. The number of rotatable bonds is 4. The predicted octanol–water partition coefficient (Wildman–Crippen LogP) is 1.83. The van der Waals surface area contributed by atoms with E-state index < -0.39 is 0 Å². The topological polar surface area (TPSA) is 50.5 Å². The fraction of sp³-hybridized carbons (Fsp3) is 0.562. The molecule has 0 atom stereocenters. The van der Waals surface area contributed by atoms with Crippen LogP contribution >= 0.6 is 0 Å². The summed E-state index contributed by atoms with van der Waals surface area (Å²) in [7, 11) is 4.24. The summed E-state index contributed by atoms with van der Waals surface area (Å²) in [6.07, 6.45) is 2.34.